The van der Waals surface area contributed by atoms with Gasteiger partial charge in [-0.05, 0) is 27.2 Å². The second-order valence-corrected chi connectivity index (χ2v) is 2.69. The summed E-state index contributed by atoms with van der Waals surface area (Å²) in [6.45, 7) is 6.83. The molecule has 2 nitrogen and oxygen atoms in total. The van der Waals surface area contributed by atoms with E-state index in [0.29, 0.717) is 6.10 Å². The van der Waals surface area contributed by atoms with E-state index in [4.69, 9.17) is 10.5 Å². The third-order valence-corrected chi connectivity index (χ3v) is 1.02. The van der Waals surface area contributed by atoms with Gasteiger partial charge in [0.1, 0.15) is 0 Å². The van der Waals surface area contributed by atoms with Crippen LogP contribution in [0, 0.1) is 0 Å². The van der Waals surface area contributed by atoms with Gasteiger partial charge in [-0.3, -0.25) is 0 Å². The molecule has 0 saturated heterocycles. The Hall–Kier alpha value is -0.0800. The largest absolute Gasteiger partial charge is 0.379 e. The average Bonchev–Trinajstić information content (AvgIpc) is 1.63. The summed E-state index contributed by atoms with van der Waals surface area (Å²) in [6.07, 6.45) is 1.29. The lowest BCUT2D eigenvalue weighted by molar-refractivity contribution is 0.0745. The smallest absolute Gasteiger partial charge is 0.0518 e. The van der Waals surface area contributed by atoms with Crippen LogP contribution in [0.1, 0.15) is 27.2 Å². The van der Waals surface area contributed by atoms with Crippen molar-refractivity contribution < 1.29 is 4.74 Å². The van der Waals surface area contributed by atoms with Crippen molar-refractivity contribution in [2.45, 2.75) is 39.3 Å². The highest BCUT2D eigenvalue weighted by Gasteiger charge is 1.95. The molecule has 2 heteroatoms. The van der Waals surface area contributed by atoms with E-state index < -0.39 is 0 Å². The summed E-state index contributed by atoms with van der Waals surface area (Å²) < 4.78 is 5.27. The summed E-state index contributed by atoms with van der Waals surface area (Å²) in [5.41, 5.74) is 5.50. The van der Waals surface area contributed by atoms with Crippen LogP contribution in [0.5, 0.6) is 0 Å². The van der Waals surface area contributed by atoms with Crippen LogP contribution in [0.25, 0.3) is 0 Å². The van der Waals surface area contributed by atoms with Gasteiger partial charge in [-0.1, -0.05) is 0 Å². The van der Waals surface area contributed by atoms with Gasteiger partial charge in [0.25, 0.3) is 0 Å². The van der Waals surface area contributed by atoms with Gasteiger partial charge in [0.05, 0.1) is 6.10 Å². The number of hydrogen-bond acceptors (Lipinski definition) is 2. The lowest BCUT2D eigenvalue weighted by Gasteiger charge is -2.08. The second-order valence-electron chi connectivity index (χ2n) is 2.69. The minimum Gasteiger partial charge on any atom is -0.379 e. The van der Waals surface area contributed by atoms with Crippen molar-refractivity contribution in [2.75, 3.05) is 6.61 Å². The maximum Gasteiger partial charge on any atom is 0.0518 e. The third kappa shape index (κ3) is 7.92. The van der Waals surface area contributed by atoms with E-state index in [1.54, 1.807) is 0 Å². The Kier molecular flexibility index (Phi) is 4.72. The fourth-order valence-electron chi connectivity index (χ4n) is 0.490. The second kappa shape index (κ2) is 4.77. The molecule has 0 aliphatic rings. The van der Waals surface area contributed by atoms with Crippen LogP contribution >= 0.6 is 0 Å². The van der Waals surface area contributed by atoms with E-state index in [-0.39, 0.29) is 6.04 Å². The molecule has 0 amide bonds. The van der Waals surface area contributed by atoms with Crippen LogP contribution in [0.15, 0.2) is 0 Å². The number of hydrogen-bond donors (Lipinski definition) is 1. The predicted octanol–water partition coefficient (Wildman–Crippen LogP) is 1.15. The van der Waals surface area contributed by atoms with Crippen molar-refractivity contribution in [3.05, 3.63) is 0 Å². The highest BCUT2D eigenvalue weighted by atomic mass is 16.5. The third-order valence-electron chi connectivity index (χ3n) is 1.02. The summed E-state index contributed by atoms with van der Waals surface area (Å²) in [4.78, 5) is 0. The first-order chi connectivity index (χ1) is 4.13. The van der Waals surface area contributed by atoms with Crippen molar-refractivity contribution in [1.82, 2.24) is 0 Å². The summed E-state index contributed by atoms with van der Waals surface area (Å²) in [7, 11) is 0. The molecule has 0 aromatic carbocycles. The van der Waals surface area contributed by atoms with Crippen LogP contribution in [0.3, 0.4) is 0 Å². The molecule has 0 aromatic rings. The Morgan fingerprint density at radius 3 is 2.22 bits per heavy atom. The van der Waals surface area contributed by atoms with Crippen LogP contribution in [0.4, 0.5) is 0 Å². The maximum absolute atomic E-state index is 5.50. The Morgan fingerprint density at radius 2 is 1.89 bits per heavy atom. The first kappa shape index (κ1) is 8.92. The zero-order valence-electron chi connectivity index (χ0n) is 6.55. The van der Waals surface area contributed by atoms with Gasteiger partial charge in [-0.2, -0.15) is 0 Å². The molecule has 0 saturated carbocycles. The average molecular weight is 131 g/mol. The standard InChI is InChI=1S/C7H17NO/c1-6(2)9-5-4-7(3)8/h6-7H,4-5,8H2,1-3H3/t7-/m0/s1. The molecular weight excluding hydrogens is 114 g/mol. The molecular formula is C7H17NO. The molecule has 2 N–H and O–H groups in total. The highest BCUT2D eigenvalue weighted by Crippen LogP contribution is 1.91. The van der Waals surface area contributed by atoms with Crippen molar-refractivity contribution in [3.63, 3.8) is 0 Å². The van der Waals surface area contributed by atoms with Gasteiger partial charge in [0.15, 0.2) is 0 Å². The first-order valence-corrected chi connectivity index (χ1v) is 3.50. The molecule has 0 radical (unpaired) electrons. The van der Waals surface area contributed by atoms with E-state index in [0.717, 1.165) is 13.0 Å². The Balaban J connectivity index is 2.91. The quantitative estimate of drug-likeness (QED) is 0.621. The van der Waals surface area contributed by atoms with E-state index in [1.807, 2.05) is 20.8 Å². The van der Waals surface area contributed by atoms with E-state index in [2.05, 4.69) is 0 Å². The van der Waals surface area contributed by atoms with Crippen LogP contribution in [-0.4, -0.2) is 18.8 Å². The molecule has 0 fully saturated rings. The summed E-state index contributed by atoms with van der Waals surface area (Å²) in [5.74, 6) is 0. The van der Waals surface area contributed by atoms with Gasteiger partial charge in [0, 0.05) is 12.6 Å². The Bertz CT molecular complexity index is 53.9. The summed E-state index contributed by atoms with van der Waals surface area (Å²) in [5, 5.41) is 0. The van der Waals surface area contributed by atoms with Gasteiger partial charge < -0.3 is 10.5 Å². The van der Waals surface area contributed by atoms with Gasteiger partial charge in [0.2, 0.25) is 0 Å². The lowest BCUT2D eigenvalue weighted by Crippen LogP contribution is -2.18. The van der Waals surface area contributed by atoms with Gasteiger partial charge in [-0.15, -0.1) is 0 Å². The zero-order chi connectivity index (χ0) is 7.28. The number of ether oxygens (including phenoxy) is 1. The molecule has 0 aromatic heterocycles. The molecule has 0 unspecified atom stereocenters. The zero-order valence-corrected chi connectivity index (χ0v) is 6.55. The number of rotatable bonds is 4. The molecule has 0 bridgehead atoms. The minimum absolute atomic E-state index is 0.267. The van der Waals surface area contributed by atoms with E-state index in [9.17, 15) is 0 Å². The number of nitrogens with two attached hydrogens (primary N) is 1. The molecule has 0 heterocycles. The maximum atomic E-state index is 5.50. The molecule has 0 spiro atoms. The topological polar surface area (TPSA) is 35.2 Å². The molecule has 56 valence electrons. The normalized spacial score (nSPS) is 14.3. The molecule has 9 heavy (non-hydrogen) atoms. The fraction of sp³-hybridized carbons (Fsp3) is 1.00. The van der Waals surface area contributed by atoms with E-state index >= 15 is 0 Å². The minimum atomic E-state index is 0.267. The Morgan fingerprint density at radius 1 is 1.33 bits per heavy atom. The summed E-state index contributed by atoms with van der Waals surface area (Å²) >= 11 is 0. The van der Waals surface area contributed by atoms with Crippen LogP contribution in [0.2, 0.25) is 0 Å². The van der Waals surface area contributed by atoms with E-state index in [1.165, 1.54) is 0 Å². The Labute approximate surface area is 57.4 Å². The molecule has 0 aliphatic carbocycles. The van der Waals surface area contributed by atoms with Crippen molar-refractivity contribution in [3.8, 4) is 0 Å². The molecule has 0 rings (SSSR count). The van der Waals surface area contributed by atoms with Crippen molar-refractivity contribution in [1.29, 1.82) is 0 Å². The van der Waals surface area contributed by atoms with Crippen LogP contribution < -0.4 is 5.73 Å². The molecule has 0 aliphatic heterocycles. The predicted molar refractivity (Wildman–Crippen MR) is 39.4 cm³/mol. The summed E-state index contributed by atoms with van der Waals surface area (Å²) in [6, 6.07) is 0.267. The monoisotopic (exact) mass is 131 g/mol. The van der Waals surface area contributed by atoms with Crippen LogP contribution in [-0.2, 0) is 4.74 Å². The SMILES string of the molecule is CC(C)OCC[C@H](C)N. The lowest BCUT2D eigenvalue weighted by atomic mass is 10.3. The molecule has 1 atom stereocenters. The van der Waals surface area contributed by atoms with Crippen molar-refractivity contribution >= 4 is 0 Å². The van der Waals surface area contributed by atoms with Gasteiger partial charge >= 0.3 is 0 Å². The highest BCUT2D eigenvalue weighted by molar-refractivity contribution is 4.51. The van der Waals surface area contributed by atoms with Crippen molar-refractivity contribution in [2.24, 2.45) is 5.73 Å². The van der Waals surface area contributed by atoms with Gasteiger partial charge in [-0.25, -0.2) is 0 Å². The first-order valence-electron chi connectivity index (χ1n) is 3.50. The fourth-order valence-corrected chi connectivity index (χ4v) is 0.490.